The Bertz CT molecular complexity index is 761. The largest absolute Gasteiger partial charge is 0.496 e. The lowest BCUT2D eigenvalue weighted by atomic mass is 9.99. The number of fused-ring (bicyclic) bond motifs is 1. The Kier molecular flexibility index (Phi) is 4.40. The quantitative estimate of drug-likeness (QED) is 0.763. The van der Waals surface area contributed by atoms with Crippen LogP contribution in [-0.2, 0) is 6.54 Å². The van der Waals surface area contributed by atoms with Gasteiger partial charge in [-0.05, 0) is 29.8 Å². The molecule has 0 saturated heterocycles. The van der Waals surface area contributed by atoms with Crippen LogP contribution in [0.5, 0.6) is 5.75 Å². The van der Waals surface area contributed by atoms with Crippen LogP contribution in [0.4, 0.5) is 0 Å². The van der Waals surface area contributed by atoms with E-state index in [2.05, 4.69) is 66.8 Å². The van der Waals surface area contributed by atoms with Crippen molar-refractivity contribution < 1.29 is 10.1 Å². The first-order chi connectivity index (χ1) is 10.8. The van der Waals surface area contributed by atoms with Gasteiger partial charge in [-0.1, -0.05) is 54.6 Å². The fourth-order valence-electron chi connectivity index (χ4n) is 2.95. The van der Waals surface area contributed by atoms with E-state index < -0.39 is 0 Å². The average Bonchev–Trinajstić information content (AvgIpc) is 2.59. The van der Waals surface area contributed by atoms with Gasteiger partial charge in [0.25, 0.3) is 0 Å². The van der Waals surface area contributed by atoms with Gasteiger partial charge in [-0.15, -0.1) is 0 Å². The van der Waals surface area contributed by atoms with E-state index in [-0.39, 0.29) is 0 Å². The van der Waals surface area contributed by atoms with Gasteiger partial charge < -0.3 is 10.1 Å². The first-order valence-electron chi connectivity index (χ1n) is 7.72. The average molecular weight is 292 g/mol. The molecule has 1 unspecified atom stereocenters. The minimum Gasteiger partial charge on any atom is -0.496 e. The molecule has 0 amide bonds. The van der Waals surface area contributed by atoms with Crippen molar-refractivity contribution in [3.05, 3.63) is 77.9 Å². The number of benzene rings is 3. The van der Waals surface area contributed by atoms with E-state index in [0.717, 1.165) is 12.3 Å². The third-order valence-electron chi connectivity index (χ3n) is 4.20. The van der Waals surface area contributed by atoms with Gasteiger partial charge in [-0.25, -0.2) is 0 Å². The van der Waals surface area contributed by atoms with Crippen LogP contribution in [0, 0.1) is 0 Å². The lowest BCUT2D eigenvalue weighted by molar-refractivity contribution is -0.707. The van der Waals surface area contributed by atoms with Gasteiger partial charge in [-0.2, -0.15) is 0 Å². The number of para-hydroxylation sites is 1. The number of hydrogen-bond acceptors (Lipinski definition) is 1. The summed E-state index contributed by atoms with van der Waals surface area (Å²) in [5, 5.41) is 5.01. The summed E-state index contributed by atoms with van der Waals surface area (Å²) < 4.78 is 5.43. The molecule has 0 bridgehead atoms. The normalized spacial score (nSPS) is 12.3. The van der Waals surface area contributed by atoms with E-state index in [4.69, 9.17) is 4.74 Å². The summed E-state index contributed by atoms with van der Waals surface area (Å²) >= 11 is 0. The first-order valence-corrected chi connectivity index (χ1v) is 7.72. The molecule has 3 aromatic rings. The Balaban J connectivity index is 1.80. The van der Waals surface area contributed by atoms with Crippen LogP contribution < -0.4 is 10.1 Å². The first kappa shape index (κ1) is 14.6. The summed E-state index contributed by atoms with van der Waals surface area (Å²) in [5.41, 5.74) is 2.62. The SMILES string of the molecule is COc1ccccc1C[NH2+]C(C)c1cccc2ccccc12. The van der Waals surface area contributed by atoms with Crippen molar-refractivity contribution >= 4 is 10.8 Å². The number of nitrogens with two attached hydrogens (primary N) is 1. The Hall–Kier alpha value is -2.32. The zero-order valence-corrected chi connectivity index (χ0v) is 13.1. The van der Waals surface area contributed by atoms with Gasteiger partial charge in [0.1, 0.15) is 18.3 Å². The van der Waals surface area contributed by atoms with E-state index in [1.807, 2.05) is 12.1 Å². The fourth-order valence-corrected chi connectivity index (χ4v) is 2.95. The number of rotatable bonds is 5. The molecular formula is C20H22NO+. The van der Waals surface area contributed by atoms with Gasteiger partial charge in [0.15, 0.2) is 0 Å². The van der Waals surface area contributed by atoms with E-state index in [1.165, 1.54) is 21.9 Å². The van der Waals surface area contributed by atoms with Gasteiger partial charge in [-0.3, -0.25) is 0 Å². The second-order valence-corrected chi connectivity index (χ2v) is 5.61. The lowest BCUT2D eigenvalue weighted by Crippen LogP contribution is -2.83. The number of quaternary nitrogens is 1. The molecule has 3 aromatic carbocycles. The molecule has 0 saturated carbocycles. The van der Waals surface area contributed by atoms with Crippen LogP contribution in [0.3, 0.4) is 0 Å². The van der Waals surface area contributed by atoms with Crippen LogP contribution in [0.1, 0.15) is 24.1 Å². The summed E-state index contributed by atoms with van der Waals surface area (Å²) in [6.45, 7) is 3.17. The highest BCUT2D eigenvalue weighted by Crippen LogP contribution is 2.22. The van der Waals surface area contributed by atoms with Crippen molar-refractivity contribution in [2.45, 2.75) is 19.5 Å². The molecule has 0 radical (unpaired) electrons. The van der Waals surface area contributed by atoms with Gasteiger partial charge >= 0.3 is 0 Å². The molecule has 2 N–H and O–H groups in total. The van der Waals surface area contributed by atoms with Crippen molar-refractivity contribution in [1.29, 1.82) is 0 Å². The van der Waals surface area contributed by atoms with Crippen LogP contribution in [-0.4, -0.2) is 7.11 Å². The fraction of sp³-hybridized carbons (Fsp3) is 0.200. The van der Waals surface area contributed by atoms with E-state index in [0.29, 0.717) is 6.04 Å². The Morgan fingerprint density at radius 3 is 2.50 bits per heavy atom. The highest BCUT2D eigenvalue weighted by Gasteiger charge is 2.13. The Labute approximate surface area is 131 Å². The molecule has 1 atom stereocenters. The second-order valence-electron chi connectivity index (χ2n) is 5.61. The molecule has 0 fully saturated rings. The molecule has 0 aliphatic carbocycles. The van der Waals surface area contributed by atoms with Gasteiger partial charge in [0.05, 0.1) is 7.11 Å². The van der Waals surface area contributed by atoms with E-state index >= 15 is 0 Å². The van der Waals surface area contributed by atoms with Crippen molar-refractivity contribution in [3.63, 3.8) is 0 Å². The highest BCUT2D eigenvalue weighted by atomic mass is 16.5. The molecule has 0 spiro atoms. The maximum atomic E-state index is 5.43. The minimum absolute atomic E-state index is 0.399. The number of methoxy groups -OCH3 is 1. The van der Waals surface area contributed by atoms with Crippen molar-refractivity contribution in [3.8, 4) is 5.75 Å². The summed E-state index contributed by atoms with van der Waals surface area (Å²) in [7, 11) is 1.73. The Morgan fingerprint density at radius 2 is 1.64 bits per heavy atom. The molecule has 112 valence electrons. The number of ether oxygens (including phenoxy) is 1. The molecule has 0 aromatic heterocycles. The van der Waals surface area contributed by atoms with Crippen LogP contribution in [0.2, 0.25) is 0 Å². The van der Waals surface area contributed by atoms with Crippen LogP contribution in [0.25, 0.3) is 10.8 Å². The smallest absolute Gasteiger partial charge is 0.127 e. The van der Waals surface area contributed by atoms with Crippen molar-refractivity contribution in [1.82, 2.24) is 0 Å². The molecule has 2 heteroatoms. The van der Waals surface area contributed by atoms with Crippen LogP contribution >= 0.6 is 0 Å². The van der Waals surface area contributed by atoms with Crippen LogP contribution in [0.15, 0.2) is 66.7 Å². The summed E-state index contributed by atoms with van der Waals surface area (Å²) in [6, 6.07) is 23.7. The topological polar surface area (TPSA) is 25.8 Å². The van der Waals surface area contributed by atoms with Gasteiger partial charge in [0, 0.05) is 11.1 Å². The van der Waals surface area contributed by atoms with E-state index in [9.17, 15) is 0 Å². The zero-order chi connectivity index (χ0) is 15.4. The lowest BCUT2D eigenvalue weighted by Gasteiger charge is -2.15. The minimum atomic E-state index is 0.399. The maximum Gasteiger partial charge on any atom is 0.127 e. The van der Waals surface area contributed by atoms with E-state index in [1.54, 1.807) is 7.11 Å². The van der Waals surface area contributed by atoms with Gasteiger partial charge in [0.2, 0.25) is 0 Å². The maximum absolute atomic E-state index is 5.43. The molecular weight excluding hydrogens is 270 g/mol. The predicted molar refractivity (Wildman–Crippen MR) is 91.0 cm³/mol. The summed E-state index contributed by atoms with van der Waals surface area (Å²) in [6.07, 6.45) is 0. The highest BCUT2D eigenvalue weighted by molar-refractivity contribution is 5.85. The Morgan fingerprint density at radius 1 is 0.909 bits per heavy atom. The third-order valence-corrected chi connectivity index (χ3v) is 4.20. The standard InChI is InChI=1S/C20H21NO/c1-15(21-14-17-9-4-6-13-20(17)22-2)18-12-7-10-16-8-3-5-11-19(16)18/h3-13,15,21H,14H2,1-2H3/p+1. The molecule has 0 heterocycles. The second kappa shape index (κ2) is 6.63. The summed E-state index contributed by atoms with van der Waals surface area (Å²) in [5.74, 6) is 0.962. The summed E-state index contributed by atoms with van der Waals surface area (Å²) in [4.78, 5) is 0. The molecule has 2 nitrogen and oxygen atoms in total. The zero-order valence-electron chi connectivity index (χ0n) is 13.1. The van der Waals surface area contributed by atoms with Crippen molar-refractivity contribution in [2.24, 2.45) is 0 Å². The third kappa shape index (κ3) is 2.97. The molecule has 22 heavy (non-hydrogen) atoms. The molecule has 0 aliphatic heterocycles. The molecule has 3 rings (SSSR count). The number of hydrogen-bond donors (Lipinski definition) is 1. The molecule has 0 aliphatic rings. The monoisotopic (exact) mass is 292 g/mol. The predicted octanol–water partition coefficient (Wildman–Crippen LogP) is 3.67. The van der Waals surface area contributed by atoms with Crippen molar-refractivity contribution in [2.75, 3.05) is 7.11 Å².